The minimum absolute atomic E-state index is 0.132. The highest BCUT2D eigenvalue weighted by Crippen LogP contribution is 2.60. The second kappa shape index (κ2) is 10.1. The van der Waals surface area contributed by atoms with E-state index in [4.69, 9.17) is 32.1 Å². The molecule has 0 aromatic heterocycles. The molecule has 9 nitrogen and oxygen atoms in total. The molecule has 0 amide bonds. The number of aliphatic imine (C=N–C) groups is 2. The maximum Gasteiger partial charge on any atom is 0.170 e. The zero-order valence-electron chi connectivity index (χ0n) is 28.2. The van der Waals surface area contributed by atoms with Crippen molar-refractivity contribution in [3.8, 4) is 0 Å². The Bertz CT molecular complexity index is 1080. The van der Waals surface area contributed by atoms with E-state index in [0.717, 1.165) is 0 Å². The number of nitrogens with zero attached hydrogens (tertiary/aromatic N) is 4. The first-order valence-electron chi connectivity index (χ1n) is 14.9. The number of aliphatic hydroxyl groups is 3. The predicted molar refractivity (Wildman–Crippen MR) is 178 cm³/mol. The van der Waals surface area contributed by atoms with Gasteiger partial charge in [-0.3, -0.25) is 9.56 Å². The number of hydrogen-bond acceptors (Lipinski definition) is 9. The number of alkyl halides is 1. The Morgan fingerprint density at radius 3 is 1.78 bits per heavy atom. The molecule has 0 radical (unpaired) electrons. The lowest BCUT2D eigenvalue weighted by Gasteiger charge is -2.67. The molecule has 1 fully saturated rings. The quantitative estimate of drug-likeness (QED) is 0.197. The fraction of sp³-hybridized carbons (Fsp3) is 0.929. The van der Waals surface area contributed by atoms with E-state index in [0.29, 0.717) is 5.84 Å². The molecule has 238 valence electrons. The molecular weight excluding hydrogens is 590 g/mol. The van der Waals surface area contributed by atoms with Gasteiger partial charge in [0.25, 0.3) is 0 Å². The molecule has 0 aromatic carbocycles. The van der Waals surface area contributed by atoms with Gasteiger partial charge in [-0.25, -0.2) is 4.99 Å². The molecule has 3 aliphatic rings. The Hall–Kier alpha value is -0.319. The van der Waals surface area contributed by atoms with Gasteiger partial charge in [0.05, 0.1) is 21.0 Å². The summed E-state index contributed by atoms with van der Waals surface area (Å²) in [6.07, 6.45) is -3.10. The van der Waals surface area contributed by atoms with Crippen molar-refractivity contribution in [2.75, 3.05) is 6.61 Å². The lowest BCUT2D eigenvalue weighted by atomic mass is 10.1. The van der Waals surface area contributed by atoms with Crippen molar-refractivity contribution in [2.24, 2.45) is 15.7 Å². The molecule has 41 heavy (non-hydrogen) atoms. The van der Waals surface area contributed by atoms with E-state index in [1.54, 1.807) is 6.34 Å². The predicted octanol–water partition coefficient (Wildman–Crippen LogP) is 4.50. The summed E-state index contributed by atoms with van der Waals surface area (Å²) in [5, 5.41) is 30.8. The van der Waals surface area contributed by atoms with Crippen LogP contribution >= 0.6 is 11.6 Å². The van der Waals surface area contributed by atoms with Crippen LogP contribution in [0.2, 0.25) is 54.4 Å². The standard InChI is InChI=1S/C28H58ClN5O4Si3/c1-24(2,3)39(10,11)27-22(30)32-28(29,40(12,13)25(4,5)6)34(41(14,15)26(7,8)9)23(27)33(17-31-27)21-20(37)19(36)18(16-35)38-21/h17-21,23,35-37H,16H2,1-15H3,(H2,30,32)/t18-,19?,20?,21-,23?,27?,28?/m1/s1. The van der Waals surface area contributed by atoms with Crippen molar-refractivity contribution in [1.29, 1.82) is 0 Å². The SMILES string of the molecule is CC(C)(C)[Si](C)(C)N1C2N([C@@H]3O[C@H](CO)C(O)C3O)C=NC2([Si](C)(C)C(C)(C)C)C(N)=NC1(Cl)[Si](C)(C)C(C)(C)C. The van der Waals surface area contributed by atoms with E-state index in [1.165, 1.54) is 0 Å². The first kappa shape index (κ1) is 35.2. The first-order chi connectivity index (χ1) is 18.1. The van der Waals surface area contributed by atoms with Crippen LogP contribution < -0.4 is 5.73 Å². The van der Waals surface area contributed by atoms with Crippen LogP contribution in [-0.4, -0.2) is 109 Å². The summed E-state index contributed by atoms with van der Waals surface area (Å²) in [6, 6.07) is 0. The van der Waals surface area contributed by atoms with E-state index >= 15 is 0 Å². The Balaban J connectivity index is 2.51. The van der Waals surface area contributed by atoms with Gasteiger partial charge in [0.15, 0.2) is 11.0 Å². The van der Waals surface area contributed by atoms with Gasteiger partial charge in [-0.2, -0.15) is 0 Å². The summed E-state index contributed by atoms with van der Waals surface area (Å²) < 4.78 is 7.55. The Morgan fingerprint density at radius 1 is 0.902 bits per heavy atom. The lowest BCUT2D eigenvalue weighted by molar-refractivity contribution is -0.0984. The molecule has 3 heterocycles. The molecule has 0 saturated carbocycles. The second-order valence-electron chi connectivity index (χ2n) is 17.1. The van der Waals surface area contributed by atoms with Crippen LogP contribution in [0.4, 0.5) is 0 Å². The average Bonchev–Trinajstić information content (AvgIpc) is 3.30. The molecule has 3 rings (SSSR count). The molecule has 0 aromatic rings. The number of halogens is 1. The van der Waals surface area contributed by atoms with Crippen molar-refractivity contribution in [3.05, 3.63) is 0 Å². The summed E-state index contributed by atoms with van der Waals surface area (Å²) in [7, 11) is -7.63. The van der Waals surface area contributed by atoms with Gasteiger partial charge in [0, 0.05) is 0 Å². The number of hydrogen-bond donors (Lipinski definition) is 4. The fourth-order valence-electron chi connectivity index (χ4n) is 6.15. The normalized spacial score (nSPS) is 36.1. The van der Waals surface area contributed by atoms with Gasteiger partial charge in [0.2, 0.25) is 0 Å². The minimum atomic E-state index is -2.56. The fourth-order valence-corrected chi connectivity index (χ4v) is 17.3. The van der Waals surface area contributed by atoms with E-state index in [-0.39, 0.29) is 15.1 Å². The molecular formula is C28H58ClN5O4Si3. The largest absolute Gasteiger partial charge is 0.394 e. The number of rotatable bonds is 5. The molecule has 5 unspecified atom stereocenters. The van der Waals surface area contributed by atoms with Crippen LogP contribution in [0.3, 0.4) is 0 Å². The summed E-state index contributed by atoms with van der Waals surface area (Å²) in [5.74, 6) is 0.439. The van der Waals surface area contributed by atoms with Crippen LogP contribution in [0.1, 0.15) is 62.3 Å². The Labute approximate surface area is 256 Å². The molecule has 3 aliphatic heterocycles. The minimum Gasteiger partial charge on any atom is -0.394 e. The van der Waals surface area contributed by atoms with Gasteiger partial charge in [-0.1, -0.05) is 113 Å². The van der Waals surface area contributed by atoms with Gasteiger partial charge < -0.3 is 30.7 Å². The third kappa shape index (κ3) is 4.68. The monoisotopic (exact) mass is 647 g/mol. The molecule has 0 bridgehead atoms. The highest BCUT2D eigenvalue weighted by molar-refractivity contribution is 6.92. The van der Waals surface area contributed by atoms with Gasteiger partial charge in [-0.05, 0) is 15.1 Å². The number of nitrogens with two attached hydrogens (primary N) is 1. The van der Waals surface area contributed by atoms with Gasteiger partial charge in [-0.15, -0.1) is 0 Å². The van der Waals surface area contributed by atoms with Crippen LogP contribution in [0.25, 0.3) is 0 Å². The van der Waals surface area contributed by atoms with Crippen molar-refractivity contribution < 1.29 is 20.1 Å². The zero-order valence-corrected chi connectivity index (χ0v) is 31.9. The topological polar surface area (TPSA) is 127 Å². The van der Waals surface area contributed by atoms with Crippen molar-refractivity contribution in [3.63, 3.8) is 0 Å². The van der Waals surface area contributed by atoms with Crippen LogP contribution in [0, 0.1) is 0 Å². The lowest BCUT2D eigenvalue weighted by Crippen LogP contribution is -2.86. The molecule has 0 spiro atoms. The number of ether oxygens (including phenoxy) is 1. The van der Waals surface area contributed by atoms with Crippen molar-refractivity contribution in [1.82, 2.24) is 9.47 Å². The van der Waals surface area contributed by atoms with Crippen LogP contribution in [0.15, 0.2) is 9.98 Å². The van der Waals surface area contributed by atoms with E-state index in [9.17, 15) is 15.3 Å². The van der Waals surface area contributed by atoms with Crippen LogP contribution in [-0.2, 0) is 4.74 Å². The molecule has 7 atom stereocenters. The number of fused-ring (bicyclic) bond motifs is 1. The van der Waals surface area contributed by atoms with Crippen molar-refractivity contribution >= 4 is 48.2 Å². The van der Waals surface area contributed by atoms with E-state index in [1.807, 2.05) is 4.90 Å². The summed E-state index contributed by atoms with van der Waals surface area (Å²) in [6.45, 7) is 33.8. The highest BCUT2D eigenvalue weighted by Gasteiger charge is 2.75. The summed E-state index contributed by atoms with van der Waals surface area (Å²) in [4.78, 5) is 12.7. The first-order valence-corrected chi connectivity index (χ1v) is 24.2. The molecule has 1 saturated heterocycles. The Morgan fingerprint density at radius 2 is 1.39 bits per heavy atom. The second-order valence-corrected chi connectivity index (χ2v) is 34.0. The third-order valence-electron chi connectivity index (χ3n) is 12.0. The third-order valence-corrected chi connectivity index (χ3v) is 31.5. The van der Waals surface area contributed by atoms with Gasteiger partial charge >= 0.3 is 0 Å². The van der Waals surface area contributed by atoms with Gasteiger partial charge in [0.1, 0.15) is 51.8 Å². The van der Waals surface area contributed by atoms with E-state index < -0.39 is 71.6 Å². The van der Waals surface area contributed by atoms with E-state index in [2.05, 4.69) is 106 Å². The smallest absolute Gasteiger partial charge is 0.170 e. The number of aliphatic hydroxyl groups excluding tert-OH is 3. The zero-order chi connectivity index (χ0) is 32.2. The van der Waals surface area contributed by atoms with Crippen LogP contribution in [0.5, 0.6) is 0 Å². The van der Waals surface area contributed by atoms with Crippen molar-refractivity contribution in [2.45, 2.75) is 157 Å². The summed E-state index contributed by atoms with van der Waals surface area (Å²) >= 11 is 8.08. The maximum absolute atomic E-state index is 11.3. The maximum atomic E-state index is 11.3. The highest BCUT2D eigenvalue weighted by atomic mass is 35.5. The number of amidine groups is 1. The molecule has 13 heteroatoms. The Kier molecular flexibility index (Phi) is 8.66. The molecule has 5 N–H and O–H groups in total. The summed E-state index contributed by atoms with van der Waals surface area (Å²) in [5.41, 5.74) is 7.22. The molecule has 0 aliphatic carbocycles. The average molecular weight is 649 g/mol.